The highest BCUT2D eigenvalue weighted by Gasteiger charge is 2.18. The number of hydrogen-bond acceptors (Lipinski definition) is 2. The SMILES string of the molecule is C[C@H](N)c1n[nH]c2c1CCCC2. The highest BCUT2D eigenvalue weighted by Crippen LogP contribution is 2.24. The summed E-state index contributed by atoms with van der Waals surface area (Å²) in [5.74, 6) is 0. The van der Waals surface area contributed by atoms with Gasteiger partial charge >= 0.3 is 0 Å². The Balaban J connectivity index is 2.38. The third kappa shape index (κ3) is 1.14. The molecule has 0 bridgehead atoms. The lowest BCUT2D eigenvalue weighted by Gasteiger charge is -2.12. The maximum atomic E-state index is 5.80. The summed E-state index contributed by atoms with van der Waals surface area (Å²) in [6, 6.07) is 0.0723. The molecule has 2 rings (SSSR count). The van der Waals surface area contributed by atoms with Crippen molar-refractivity contribution < 1.29 is 0 Å². The van der Waals surface area contributed by atoms with Gasteiger partial charge in [-0.15, -0.1) is 0 Å². The Bertz CT molecular complexity index is 275. The van der Waals surface area contributed by atoms with Crippen LogP contribution in [0.4, 0.5) is 0 Å². The van der Waals surface area contributed by atoms with Crippen molar-refractivity contribution >= 4 is 0 Å². The Morgan fingerprint density at radius 1 is 1.42 bits per heavy atom. The summed E-state index contributed by atoms with van der Waals surface area (Å²) in [6.45, 7) is 1.99. The van der Waals surface area contributed by atoms with E-state index in [0.29, 0.717) is 0 Å². The number of rotatable bonds is 1. The van der Waals surface area contributed by atoms with E-state index >= 15 is 0 Å². The second kappa shape index (κ2) is 2.90. The lowest BCUT2D eigenvalue weighted by Crippen LogP contribution is -2.10. The fraction of sp³-hybridized carbons (Fsp3) is 0.667. The topological polar surface area (TPSA) is 54.7 Å². The molecule has 1 aliphatic carbocycles. The number of nitrogens with two attached hydrogens (primary N) is 1. The molecule has 3 heteroatoms. The van der Waals surface area contributed by atoms with Crippen molar-refractivity contribution in [1.29, 1.82) is 0 Å². The molecule has 0 fully saturated rings. The van der Waals surface area contributed by atoms with Gasteiger partial charge in [0.2, 0.25) is 0 Å². The van der Waals surface area contributed by atoms with Crippen molar-refractivity contribution in [1.82, 2.24) is 10.2 Å². The molecule has 0 radical (unpaired) electrons. The molecule has 1 aromatic heterocycles. The quantitative estimate of drug-likeness (QED) is 0.659. The molecule has 1 aromatic rings. The van der Waals surface area contributed by atoms with Crippen molar-refractivity contribution in [2.24, 2.45) is 5.73 Å². The Kier molecular flexibility index (Phi) is 1.89. The minimum Gasteiger partial charge on any atom is -0.323 e. The second-order valence-corrected chi connectivity index (χ2v) is 3.56. The predicted molar refractivity (Wildman–Crippen MR) is 47.8 cm³/mol. The first kappa shape index (κ1) is 7.80. The monoisotopic (exact) mass is 165 g/mol. The average molecular weight is 165 g/mol. The third-order valence-corrected chi connectivity index (χ3v) is 2.52. The Labute approximate surface area is 72.4 Å². The van der Waals surface area contributed by atoms with Gasteiger partial charge in [0, 0.05) is 11.7 Å². The first-order valence-corrected chi connectivity index (χ1v) is 4.60. The van der Waals surface area contributed by atoms with E-state index in [1.165, 1.54) is 24.1 Å². The molecule has 0 spiro atoms. The average Bonchev–Trinajstić information content (AvgIpc) is 2.47. The summed E-state index contributed by atoms with van der Waals surface area (Å²) in [5, 5.41) is 7.32. The van der Waals surface area contributed by atoms with Gasteiger partial charge in [0.1, 0.15) is 0 Å². The molecule has 12 heavy (non-hydrogen) atoms. The first-order chi connectivity index (χ1) is 5.79. The van der Waals surface area contributed by atoms with Crippen molar-refractivity contribution in [3.8, 4) is 0 Å². The van der Waals surface area contributed by atoms with Crippen molar-refractivity contribution in [2.45, 2.75) is 38.6 Å². The zero-order valence-electron chi connectivity index (χ0n) is 7.43. The summed E-state index contributed by atoms with van der Waals surface area (Å²) in [5.41, 5.74) is 9.57. The zero-order valence-corrected chi connectivity index (χ0v) is 7.43. The minimum absolute atomic E-state index is 0.0723. The highest BCUT2D eigenvalue weighted by molar-refractivity contribution is 5.29. The molecule has 0 amide bonds. The fourth-order valence-electron chi connectivity index (χ4n) is 1.88. The van der Waals surface area contributed by atoms with Crippen LogP contribution in [0.5, 0.6) is 0 Å². The second-order valence-electron chi connectivity index (χ2n) is 3.56. The maximum Gasteiger partial charge on any atom is 0.0821 e. The standard InChI is InChI=1S/C9H15N3/c1-6(10)9-7-4-2-3-5-8(7)11-12-9/h6H,2-5,10H2,1H3,(H,11,12)/t6-/m0/s1. The van der Waals surface area contributed by atoms with E-state index in [1.54, 1.807) is 0 Å². The summed E-state index contributed by atoms with van der Waals surface area (Å²) < 4.78 is 0. The molecule has 0 aromatic carbocycles. The van der Waals surface area contributed by atoms with Gasteiger partial charge in [-0.1, -0.05) is 0 Å². The highest BCUT2D eigenvalue weighted by atomic mass is 15.1. The van der Waals surface area contributed by atoms with Crippen LogP contribution in [0.3, 0.4) is 0 Å². The number of aryl methyl sites for hydroxylation is 1. The number of fused-ring (bicyclic) bond motifs is 1. The Morgan fingerprint density at radius 3 is 2.92 bits per heavy atom. The molecule has 0 saturated carbocycles. The lowest BCUT2D eigenvalue weighted by atomic mass is 9.94. The van der Waals surface area contributed by atoms with Gasteiger partial charge in [0.05, 0.1) is 5.69 Å². The fourth-order valence-corrected chi connectivity index (χ4v) is 1.88. The molecule has 0 saturated heterocycles. The van der Waals surface area contributed by atoms with Gasteiger partial charge in [-0.05, 0) is 38.2 Å². The van der Waals surface area contributed by atoms with E-state index in [0.717, 1.165) is 18.5 Å². The number of hydrogen-bond donors (Lipinski definition) is 2. The largest absolute Gasteiger partial charge is 0.323 e. The van der Waals surface area contributed by atoms with Gasteiger partial charge in [0.15, 0.2) is 0 Å². The smallest absolute Gasteiger partial charge is 0.0821 e. The number of aromatic amines is 1. The summed E-state index contributed by atoms with van der Waals surface area (Å²) in [6.07, 6.45) is 4.87. The molecule has 0 aliphatic heterocycles. The molecular weight excluding hydrogens is 150 g/mol. The number of aromatic nitrogens is 2. The van der Waals surface area contributed by atoms with Crippen LogP contribution in [0.2, 0.25) is 0 Å². The molecule has 1 atom stereocenters. The van der Waals surface area contributed by atoms with Crippen molar-refractivity contribution in [2.75, 3.05) is 0 Å². The zero-order chi connectivity index (χ0) is 8.55. The van der Waals surface area contributed by atoms with E-state index in [4.69, 9.17) is 5.73 Å². The molecular formula is C9H15N3. The third-order valence-electron chi connectivity index (χ3n) is 2.52. The number of nitrogens with one attached hydrogen (secondary N) is 1. The summed E-state index contributed by atoms with van der Waals surface area (Å²) in [4.78, 5) is 0. The number of H-pyrrole nitrogens is 1. The Hall–Kier alpha value is -0.830. The van der Waals surface area contributed by atoms with Crippen LogP contribution in [0.1, 0.15) is 42.8 Å². The van der Waals surface area contributed by atoms with Crippen LogP contribution in [-0.2, 0) is 12.8 Å². The van der Waals surface area contributed by atoms with Crippen LogP contribution in [0, 0.1) is 0 Å². The number of nitrogens with zero attached hydrogens (tertiary/aromatic N) is 1. The predicted octanol–water partition coefficient (Wildman–Crippen LogP) is 1.31. The molecule has 3 nitrogen and oxygen atoms in total. The van der Waals surface area contributed by atoms with Crippen LogP contribution in [0.15, 0.2) is 0 Å². The van der Waals surface area contributed by atoms with E-state index in [-0.39, 0.29) is 6.04 Å². The van der Waals surface area contributed by atoms with Crippen molar-refractivity contribution in [3.05, 3.63) is 17.0 Å². The maximum absolute atomic E-state index is 5.80. The van der Waals surface area contributed by atoms with Gasteiger partial charge in [-0.2, -0.15) is 5.10 Å². The molecule has 3 N–H and O–H groups in total. The normalized spacial score (nSPS) is 18.8. The molecule has 1 heterocycles. The molecule has 66 valence electrons. The van der Waals surface area contributed by atoms with Crippen LogP contribution < -0.4 is 5.73 Å². The van der Waals surface area contributed by atoms with Crippen LogP contribution in [-0.4, -0.2) is 10.2 Å². The van der Waals surface area contributed by atoms with E-state index in [1.807, 2.05) is 6.92 Å². The van der Waals surface area contributed by atoms with Crippen molar-refractivity contribution in [3.63, 3.8) is 0 Å². The van der Waals surface area contributed by atoms with E-state index < -0.39 is 0 Å². The summed E-state index contributed by atoms with van der Waals surface area (Å²) >= 11 is 0. The Morgan fingerprint density at radius 2 is 2.17 bits per heavy atom. The van der Waals surface area contributed by atoms with Gasteiger partial charge in [-0.3, -0.25) is 5.10 Å². The van der Waals surface area contributed by atoms with Gasteiger partial charge in [0.25, 0.3) is 0 Å². The van der Waals surface area contributed by atoms with Crippen LogP contribution in [0.25, 0.3) is 0 Å². The summed E-state index contributed by atoms with van der Waals surface area (Å²) in [7, 11) is 0. The van der Waals surface area contributed by atoms with E-state index in [2.05, 4.69) is 10.2 Å². The lowest BCUT2D eigenvalue weighted by molar-refractivity contribution is 0.666. The molecule has 1 aliphatic rings. The van der Waals surface area contributed by atoms with Gasteiger partial charge in [-0.25, -0.2) is 0 Å². The molecule has 0 unspecified atom stereocenters. The van der Waals surface area contributed by atoms with Crippen LogP contribution >= 0.6 is 0 Å². The first-order valence-electron chi connectivity index (χ1n) is 4.60. The van der Waals surface area contributed by atoms with Gasteiger partial charge < -0.3 is 5.73 Å². The van der Waals surface area contributed by atoms with E-state index in [9.17, 15) is 0 Å². The minimum atomic E-state index is 0.0723.